The van der Waals surface area contributed by atoms with Crippen LogP contribution in [0.4, 0.5) is 13.2 Å². The highest BCUT2D eigenvalue weighted by Gasteiger charge is 2.38. The van der Waals surface area contributed by atoms with Crippen molar-refractivity contribution in [3.05, 3.63) is 30.1 Å². The van der Waals surface area contributed by atoms with Gasteiger partial charge in [0.2, 0.25) is 0 Å². The van der Waals surface area contributed by atoms with Gasteiger partial charge in [-0.05, 0) is 24.2 Å². The number of rotatable bonds is 5. The van der Waals surface area contributed by atoms with Gasteiger partial charge in [0, 0.05) is 25.5 Å². The molecule has 1 rings (SSSR count). The summed E-state index contributed by atoms with van der Waals surface area (Å²) in [5.74, 6) is 0. The van der Waals surface area contributed by atoms with Gasteiger partial charge in [-0.3, -0.25) is 9.88 Å². The first-order chi connectivity index (χ1) is 7.93. The summed E-state index contributed by atoms with van der Waals surface area (Å²) in [4.78, 5) is 5.37. The van der Waals surface area contributed by atoms with E-state index in [1.54, 1.807) is 31.5 Å². The minimum Gasteiger partial charge on any atom is -0.382 e. The van der Waals surface area contributed by atoms with Crippen molar-refractivity contribution in [3.8, 4) is 0 Å². The number of hydrogen-bond donors (Lipinski definition) is 1. The number of aliphatic hydroxyl groups excluding tert-OH is 1. The molecule has 3 nitrogen and oxygen atoms in total. The van der Waals surface area contributed by atoms with E-state index in [4.69, 9.17) is 5.11 Å². The van der Waals surface area contributed by atoms with Crippen LogP contribution in [0.5, 0.6) is 0 Å². The van der Waals surface area contributed by atoms with Crippen LogP contribution in [-0.4, -0.2) is 40.4 Å². The molecule has 1 heterocycles. The van der Waals surface area contributed by atoms with Crippen molar-refractivity contribution in [2.45, 2.75) is 25.7 Å². The minimum atomic E-state index is -4.56. The summed E-state index contributed by atoms with van der Waals surface area (Å²) in [7, 11) is 0. The fraction of sp³-hybridized carbons (Fsp3) is 0.545. The van der Waals surface area contributed by atoms with Crippen molar-refractivity contribution in [1.29, 1.82) is 0 Å². The predicted molar refractivity (Wildman–Crippen MR) is 57.2 cm³/mol. The Kier molecular flexibility index (Phi) is 4.89. The number of pyridine rings is 1. The van der Waals surface area contributed by atoms with Crippen LogP contribution in [0.15, 0.2) is 24.5 Å². The van der Waals surface area contributed by atoms with E-state index in [0.29, 0.717) is 13.1 Å². The zero-order chi connectivity index (χ0) is 12.9. The van der Waals surface area contributed by atoms with E-state index in [0.717, 1.165) is 5.56 Å². The molecule has 0 saturated carbocycles. The SMILES string of the molecule is CCN(Cc1ccncc1)CC(O)C(F)(F)F. The lowest BCUT2D eigenvalue weighted by molar-refractivity contribution is -0.208. The Hall–Kier alpha value is -1.14. The topological polar surface area (TPSA) is 36.4 Å². The van der Waals surface area contributed by atoms with Crippen LogP contribution >= 0.6 is 0 Å². The molecular formula is C11H15F3N2O. The van der Waals surface area contributed by atoms with Gasteiger partial charge in [-0.2, -0.15) is 13.2 Å². The molecule has 1 aromatic heterocycles. The van der Waals surface area contributed by atoms with E-state index in [2.05, 4.69) is 4.98 Å². The van der Waals surface area contributed by atoms with E-state index < -0.39 is 18.8 Å². The molecule has 0 aliphatic rings. The molecule has 0 aromatic carbocycles. The monoisotopic (exact) mass is 248 g/mol. The molecule has 1 N–H and O–H groups in total. The molecular weight excluding hydrogens is 233 g/mol. The quantitative estimate of drug-likeness (QED) is 0.863. The molecule has 1 atom stereocenters. The third-order valence-electron chi connectivity index (χ3n) is 2.41. The number of aromatic nitrogens is 1. The molecule has 0 radical (unpaired) electrons. The summed E-state index contributed by atoms with van der Waals surface area (Å²) in [6.07, 6.45) is -3.69. The molecule has 0 saturated heterocycles. The molecule has 0 aliphatic carbocycles. The Bertz CT molecular complexity index is 329. The molecule has 1 aromatic rings. The fourth-order valence-electron chi connectivity index (χ4n) is 1.40. The van der Waals surface area contributed by atoms with E-state index in [9.17, 15) is 13.2 Å². The maximum Gasteiger partial charge on any atom is 0.415 e. The van der Waals surface area contributed by atoms with Crippen molar-refractivity contribution < 1.29 is 18.3 Å². The Morgan fingerprint density at radius 2 is 1.94 bits per heavy atom. The van der Waals surface area contributed by atoms with E-state index in [1.807, 2.05) is 0 Å². The first-order valence-electron chi connectivity index (χ1n) is 5.29. The lowest BCUT2D eigenvalue weighted by Gasteiger charge is -2.24. The average Bonchev–Trinajstić information content (AvgIpc) is 2.28. The summed E-state index contributed by atoms with van der Waals surface area (Å²) in [5, 5.41) is 8.99. The first-order valence-corrected chi connectivity index (χ1v) is 5.29. The molecule has 0 aliphatic heterocycles. The van der Waals surface area contributed by atoms with Crippen LogP contribution < -0.4 is 0 Å². The van der Waals surface area contributed by atoms with E-state index in [-0.39, 0.29) is 0 Å². The molecule has 0 amide bonds. The second-order valence-corrected chi connectivity index (χ2v) is 3.74. The van der Waals surface area contributed by atoms with Crippen LogP contribution in [0.2, 0.25) is 0 Å². The maximum absolute atomic E-state index is 12.2. The molecule has 0 spiro atoms. The van der Waals surface area contributed by atoms with Crippen LogP contribution in [0, 0.1) is 0 Å². The Balaban J connectivity index is 2.55. The Labute approximate surface area is 97.9 Å². The smallest absolute Gasteiger partial charge is 0.382 e. The van der Waals surface area contributed by atoms with Gasteiger partial charge in [-0.15, -0.1) is 0 Å². The first kappa shape index (κ1) is 13.9. The number of likely N-dealkylation sites (N-methyl/N-ethyl adjacent to an activating group) is 1. The van der Waals surface area contributed by atoms with E-state index in [1.165, 1.54) is 4.90 Å². The van der Waals surface area contributed by atoms with Crippen molar-refractivity contribution in [2.24, 2.45) is 0 Å². The van der Waals surface area contributed by atoms with Crippen LogP contribution in [-0.2, 0) is 6.54 Å². The largest absolute Gasteiger partial charge is 0.415 e. The molecule has 96 valence electrons. The van der Waals surface area contributed by atoms with E-state index >= 15 is 0 Å². The molecule has 1 unspecified atom stereocenters. The average molecular weight is 248 g/mol. The highest BCUT2D eigenvalue weighted by Crippen LogP contribution is 2.21. The summed E-state index contributed by atoms with van der Waals surface area (Å²) >= 11 is 0. The lowest BCUT2D eigenvalue weighted by Crippen LogP contribution is -2.40. The van der Waals surface area contributed by atoms with Gasteiger partial charge in [0.1, 0.15) is 0 Å². The second kappa shape index (κ2) is 5.97. The molecule has 6 heteroatoms. The van der Waals surface area contributed by atoms with Gasteiger partial charge in [0.15, 0.2) is 6.10 Å². The fourth-order valence-corrected chi connectivity index (χ4v) is 1.40. The maximum atomic E-state index is 12.2. The minimum absolute atomic E-state index is 0.367. The highest BCUT2D eigenvalue weighted by atomic mass is 19.4. The molecule has 17 heavy (non-hydrogen) atoms. The summed E-state index contributed by atoms with van der Waals surface area (Å²) < 4.78 is 36.6. The number of aliphatic hydroxyl groups is 1. The van der Waals surface area contributed by atoms with Gasteiger partial charge in [0.05, 0.1) is 0 Å². The van der Waals surface area contributed by atoms with Gasteiger partial charge in [0.25, 0.3) is 0 Å². The summed E-state index contributed by atoms with van der Waals surface area (Å²) in [6, 6.07) is 3.48. The van der Waals surface area contributed by atoms with Crippen LogP contribution in [0.25, 0.3) is 0 Å². The predicted octanol–water partition coefficient (Wildman–Crippen LogP) is 1.83. The summed E-state index contributed by atoms with van der Waals surface area (Å²) in [5.41, 5.74) is 0.872. The van der Waals surface area contributed by atoms with Crippen molar-refractivity contribution in [2.75, 3.05) is 13.1 Å². The van der Waals surface area contributed by atoms with Crippen LogP contribution in [0.3, 0.4) is 0 Å². The Morgan fingerprint density at radius 1 is 1.35 bits per heavy atom. The van der Waals surface area contributed by atoms with Crippen molar-refractivity contribution in [3.63, 3.8) is 0 Å². The normalized spacial score (nSPS) is 14.0. The number of nitrogens with zero attached hydrogens (tertiary/aromatic N) is 2. The Morgan fingerprint density at radius 3 is 2.41 bits per heavy atom. The van der Waals surface area contributed by atoms with Gasteiger partial charge < -0.3 is 5.11 Å². The standard InChI is InChI=1S/C11H15F3N2O/c1-2-16(8-10(17)11(12,13)14)7-9-3-5-15-6-4-9/h3-6,10,17H,2,7-8H2,1H3. The van der Waals surface area contributed by atoms with Crippen molar-refractivity contribution in [1.82, 2.24) is 9.88 Å². The number of halogens is 3. The zero-order valence-electron chi connectivity index (χ0n) is 9.48. The molecule has 0 bridgehead atoms. The highest BCUT2D eigenvalue weighted by molar-refractivity contribution is 5.09. The zero-order valence-corrected chi connectivity index (χ0v) is 9.48. The molecule has 0 fully saturated rings. The van der Waals surface area contributed by atoms with Crippen molar-refractivity contribution >= 4 is 0 Å². The lowest BCUT2D eigenvalue weighted by atomic mass is 10.2. The number of hydrogen-bond acceptors (Lipinski definition) is 3. The van der Waals surface area contributed by atoms with Gasteiger partial charge in [-0.1, -0.05) is 6.92 Å². The second-order valence-electron chi connectivity index (χ2n) is 3.74. The van der Waals surface area contributed by atoms with Gasteiger partial charge in [-0.25, -0.2) is 0 Å². The van der Waals surface area contributed by atoms with Gasteiger partial charge >= 0.3 is 6.18 Å². The third kappa shape index (κ3) is 4.70. The van der Waals surface area contributed by atoms with Crippen LogP contribution in [0.1, 0.15) is 12.5 Å². The third-order valence-corrected chi connectivity index (χ3v) is 2.41. The number of alkyl halides is 3. The summed E-state index contributed by atoms with van der Waals surface area (Å²) in [6.45, 7) is 2.15.